The molecule has 3 nitrogen and oxygen atoms in total. The van der Waals surface area contributed by atoms with E-state index in [9.17, 15) is 4.79 Å². The highest BCUT2D eigenvalue weighted by molar-refractivity contribution is 5.80. The summed E-state index contributed by atoms with van der Waals surface area (Å²) in [4.78, 5) is 12.6. The molecule has 1 aromatic carbocycles. The van der Waals surface area contributed by atoms with Crippen molar-refractivity contribution < 1.29 is 4.79 Å². The number of hydrogen-bond acceptors (Lipinski definition) is 2. The van der Waals surface area contributed by atoms with E-state index in [1.807, 2.05) is 6.07 Å². The maximum atomic E-state index is 12.6. The SMILES string of the molecule is NC1CCCC(C(=O)NC2(c3ccccc3)CCC2)C1. The van der Waals surface area contributed by atoms with E-state index in [2.05, 4.69) is 29.6 Å². The third-order valence-electron chi connectivity index (χ3n) is 4.98. The molecule has 0 aliphatic heterocycles. The standard InChI is InChI=1S/C17H24N2O/c18-15-9-4-6-13(12-15)16(20)19-17(10-5-11-17)14-7-2-1-3-8-14/h1-3,7-8,13,15H,4-6,9-12,18H2,(H,19,20). The van der Waals surface area contributed by atoms with Crippen LogP contribution >= 0.6 is 0 Å². The Morgan fingerprint density at radius 1 is 1.15 bits per heavy atom. The summed E-state index contributed by atoms with van der Waals surface area (Å²) in [7, 11) is 0. The van der Waals surface area contributed by atoms with Gasteiger partial charge in [-0.05, 0) is 44.1 Å². The van der Waals surface area contributed by atoms with Gasteiger partial charge < -0.3 is 11.1 Å². The third kappa shape index (κ3) is 2.59. The molecule has 3 N–H and O–H groups in total. The third-order valence-corrected chi connectivity index (χ3v) is 4.98. The molecule has 2 atom stereocenters. The molecule has 2 saturated carbocycles. The van der Waals surface area contributed by atoms with Crippen LogP contribution in [-0.2, 0) is 10.3 Å². The smallest absolute Gasteiger partial charge is 0.223 e. The van der Waals surface area contributed by atoms with E-state index in [-0.39, 0.29) is 23.4 Å². The first-order valence-corrected chi connectivity index (χ1v) is 7.83. The number of hydrogen-bond donors (Lipinski definition) is 2. The van der Waals surface area contributed by atoms with E-state index in [1.54, 1.807) is 0 Å². The number of nitrogens with two attached hydrogens (primary N) is 1. The molecular weight excluding hydrogens is 248 g/mol. The van der Waals surface area contributed by atoms with E-state index >= 15 is 0 Å². The zero-order chi connectivity index (χ0) is 14.0. The molecule has 20 heavy (non-hydrogen) atoms. The lowest BCUT2D eigenvalue weighted by Crippen LogP contribution is -2.53. The Balaban J connectivity index is 1.70. The molecule has 2 fully saturated rings. The number of nitrogens with one attached hydrogen (secondary N) is 1. The second kappa shape index (κ2) is 5.57. The summed E-state index contributed by atoms with van der Waals surface area (Å²) in [5.41, 5.74) is 7.14. The van der Waals surface area contributed by atoms with Crippen molar-refractivity contribution in [1.82, 2.24) is 5.32 Å². The minimum Gasteiger partial charge on any atom is -0.346 e. The zero-order valence-electron chi connectivity index (χ0n) is 12.0. The molecule has 0 aromatic heterocycles. The maximum Gasteiger partial charge on any atom is 0.223 e. The second-order valence-electron chi connectivity index (χ2n) is 6.41. The zero-order valence-corrected chi connectivity index (χ0v) is 12.0. The highest BCUT2D eigenvalue weighted by atomic mass is 16.2. The van der Waals surface area contributed by atoms with Gasteiger partial charge in [-0.15, -0.1) is 0 Å². The Labute approximate surface area is 120 Å². The first-order chi connectivity index (χ1) is 9.70. The van der Waals surface area contributed by atoms with Crippen LogP contribution in [0.25, 0.3) is 0 Å². The average molecular weight is 272 g/mol. The highest BCUT2D eigenvalue weighted by Crippen LogP contribution is 2.41. The van der Waals surface area contributed by atoms with Crippen molar-refractivity contribution in [2.75, 3.05) is 0 Å². The van der Waals surface area contributed by atoms with Crippen LogP contribution in [0.1, 0.15) is 50.5 Å². The summed E-state index contributed by atoms with van der Waals surface area (Å²) in [5, 5.41) is 3.34. The molecule has 2 unspecified atom stereocenters. The van der Waals surface area contributed by atoms with Crippen molar-refractivity contribution in [3.8, 4) is 0 Å². The summed E-state index contributed by atoms with van der Waals surface area (Å²) >= 11 is 0. The predicted octanol–water partition coefficient (Wildman–Crippen LogP) is 2.70. The lowest BCUT2D eigenvalue weighted by molar-refractivity contribution is -0.129. The molecule has 0 heterocycles. The lowest BCUT2D eigenvalue weighted by atomic mass is 9.71. The summed E-state index contributed by atoms with van der Waals surface area (Å²) in [6.07, 6.45) is 7.29. The van der Waals surface area contributed by atoms with Gasteiger partial charge in [0.2, 0.25) is 5.91 Å². The number of amides is 1. The molecule has 0 saturated heterocycles. The van der Waals surface area contributed by atoms with Gasteiger partial charge in [-0.1, -0.05) is 36.8 Å². The van der Waals surface area contributed by atoms with Gasteiger partial charge >= 0.3 is 0 Å². The molecule has 108 valence electrons. The molecule has 0 bridgehead atoms. The molecule has 0 spiro atoms. The average Bonchev–Trinajstić information content (AvgIpc) is 2.43. The Bertz CT molecular complexity index is 467. The predicted molar refractivity (Wildman–Crippen MR) is 80.0 cm³/mol. The molecule has 3 rings (SSSR count). The molecule has 1 amide bonds. The van der Waals surface area contributed by atoms with E-state index in [1.165, 1.54) is 12.0 Å². The largest absolute Gasteiger partial charge is 0.346 e. The summed E-state index contributed by atoms with van der Waals surface area (Å²) in [6, 6.07) is 10.6. The first-order valence-electron chi connectivity index (χ1n) is 7.83. The number of benzene rings is 1. The molecule has 1 aromatic rings. The molecule has 2 aliphatic carbocycles. The molecular formula is C17H24N2O. The van der Waals surface area contributed by atoms with Gasteiger partial charge in [0.05, 0.1) is 5.54 Å². The van der Waals surface area contributed by atoms with Crippen molar-refractivity contribution in [3.05, 3.63) is 35.9 Å². The first kappa shape index (κ1) is 13.6. The van der Waals surface area contributed by atoms with E-state index in [0.717, 1.165) is 38.5 Å². The van der Waals surface area contributed by atoms with Crippen LogP contribution in [-0.4, -0.2) is 11.9 Å². The van der Waals surface area contributed by atoms with Crippen molar-refractivity contribution in [1.29, 1.82) is 0 Å². The van der Waals surface area contributed by atoms with Gasteiger partial charge in [-0.25, -0.2) is 0 Å². The fourth-order valence-corrected chi connectivity index (χ4v) is 3.58. The Morgan fingerprint density at radius 3 is 2.50 bits per heavy atom. The summed E-state index contributed by atoms with van der Waals surface area (Å²) < 4.78 is 0. The quantitative estimate of drug-likeness (QED) is 0.889. The van der Waals surface area contributed by atoms with Gasteiger partial charge in [-0.2, -0.15) is 0 Å². The van der Waals surface area contributed by atoms with Crippen molar-refractivity contribution >= 4 is 5.91 Å². The lowest BCUT2D eigenvalue weighted by Gasteiger charge is -2.44. The van der Waals surface area contributed by atoms with Gasteiger partial charge in [0.15, 0.2) is 0 Å². The molecule has 2 aliphatic rings. The van der Waals surface area contributed by atoms with Crippen LogP contribution in [0.3, 0.4) is 0 Å². The molecule has 0 radical (unpaired) electrons. The number of rotatable bonds is 3. The number of carbonyl (C=O) groups is 1. The normalized spacial score (nSPS) is 28.4. The minimum atomic E-state index is -0.111. The fourth-order valence-electron chi connectivity index (χ4n) is 3.58. The topological polar surface area (TPSA) is 55.1 Å². The number of carbonyl (C=O) groups excluding carboxylic acids is 1. The monoisotopic (exact) mass is 272 g/mol. The van der Waals surface area contributed by atoms with Crippen LogP contribution in [0.2, 0.25) is 0 Å². The van der Waals surface area contributed by atoms with Crippen LogP contribution in [0.4, 0.5) is 0 Å². The van der Waals surface area contributed by atoms with Gasteiger partial charge in [0.1, 0.15) is 0 Å². The highest BCUT2D eigenvalue weighted by Gasteiger charge is 2.41. The van der Waals surface area contributed by atoms with Crippen LogP contribution < -0.4 is 11.1 Å². The van der Waals surface area contributed by atoms with E-state index < -0.39 is 0 Å². The van der Waals surface area contributed by atoms with Crippen molar-refractivity contribution in [3.63, 3.8) is 0 Å². The summed E-state index contributed by atoms with van der Waals surface area (Å²) in [5.74, 6) is 0.323. The second-order valence-corrected chi connectivity index (χ2v) is 6.41. The van der Waals surface area contributed by atoms with E-state index in [4.69, 9.17) is 5.73 Å². The molecule has 3 heteroatoms. The van der Waals surface area contributed by atoms with Crippen molar-refractivity contribution in [2.45, 2.75) is 56.5 Å². The van der Waals surface area contributed by atoms with Crippen LogP contribution in [0.15, 0.2) is 30.3 Å². The maximum absolute atomic E-state index is 12.6. The van der Waals surface area contributed by atoms with Gasteiger partial charge in [0, 0.05) is 12.0 Å². The fraction of sp³-hybridized carbons (Fsp3) is 0.588. The Morgan fingerprint density at radius 2 is 1.90 bits per heavy atom. The van der Waals surface area contributed by atoms with Crippen LogP contribution in [0.5, 0.6) is 0 Å². The Kier molecular flexibility index (Phi) is 3.79. The Hall–Kier alpha value is -1.35. The summed E-state index contributed by atoms with van der Waals surface area (Å²) in [6.45, 7) is 0. The minimum absolute atomic E-state index is 0.111. The van der Waals surface area contributed by atoms with Crippen LogP contribution in [0, 0.1) is 5.92 Å². The van der Waals surface area contributed by atoms with E-state index in [0.29, 0.717) is 0 Å². The van der Waals surface area contributed by atoms with Gasteiger partial charge in [-0.3, -0.25) is 4.79 Å². The van der Waals surface area contributed by atoms with Gasteiger partial charge in [0.25, 0.3) is 0 Å². The van der Waals surface area contributed by atoms with Crippen molar-refractivity contribution in [2.24, 2.45) is 11.7 Å².